The molecule has 0 radical (unpaired) electrons. The van der Waals surface area contributed by atoms with Crippen molar-refractivity contribution in [3.63, 3.8) is 0 Å². The van der Waals surface area contributed by atoms with Crippen molar-refractivity contribution in [2.24, 2.45) is 4.99 Å². The molecule has 3 nitrogen and oxygen atoms in total. The van der Waals surface area contributed by atoms with Gasteiger partial charge in [-0.3, -0.25) is 10.7 Å². The van der Waals surface area contributed by atoms with Crippen LogP contribution in [0.4, 0.5) is 5.69 Å². The quantitative estimate of drug-likeness (QED) is 0.488. The third-order valence-corrected chi connectivity index (χ3v) is 3.06. The number of hydroxylamine groups is 1. The molecule has 5 heteroatoms. The van der Waals surface area contributed by atoms with Gasteiger partial charge in [0.05, 0.1) is 10.6 Å². The number of benzene rings is 1. The van der Waals surface area contributed by atoms with Crippen molar-refractivity contribution in [2.75, 3.05) is 0 Å². The van der Waals surface area contributed by atoms with Crippen LogP contribution in [0.15, 0.2) is 46.8 Å². The summed E-state index contributed by atoms with van der Waals surface area (Å²) in [5.74, 6) is 0.428. The second-order valence-corrected chi connectivity index (χ2v) is 4.41. The Morgan fingerprint density at radius 2 is 2.00 bits per heavy atom. The van der Waals surface area contributed by atoms with Crippen LogP contribution in [0.25, 0.3) is 0 Å². The molecular weight excluding hydrogens is 244 g/mol. The van der Waals surface area contributed by atoms with Crippen LogP contribution in [0.1, 0.15) is 4.88 Å². The monoisotopic (exact) mass is 252 g/mol. The molecule has 0 atom stereocenters. The van der Waals surface area contributed by atoms with E-state index in [1.165, 1.54) is 11.3 Å². The van der Waals surface area contributed by atoms with Gasteiger partial charge in [0.1, 0.15) is 0 Å². The van der Waals surface area contributed by atoms with Crippen LogP contribution in [0, 0.1) is 0 Å². The van der Waals surface area contributed by atoms with Gasteiger partial charge in [-0.2, -0.15) is 0 Å². The van der Waals surface area contributed by atoms with Crippen LogP contribution in [0.2, 0.25) is 5.02 Å². The molecule has 0 aliphatic rings. The Hall–Kier alpha value is -1.36. The van der Waals surface area contributed by atoms with Gasteiger partial charge in [-0.25, -0.2) is 4.99 Å². The minimum Gasteiger partial charge on any atom is -0.290 e. The maximum atomic E-state index is 9.01. The van der Waals surface area contributed by atoms with Crippen LogP contribution >= 0.6 is 22.9 Å². The Labute approximate surface area is 102 Å². The third-order valence-electron chi connectivity index (χ3n) is 1.93. The first-order chi connectivity index (χ1) is 7.79. The second kappa shape index (κ2) is 5.12. The molecule has 0 bridgehead atoms. The second-order valence-electron chi connectivity index (χ2n) is 3.03. The molecule has 0 amide bonds. The lowest BCUT2D eigenvalue weighted by Gasteiger charge is -2.01. The van der Waals surface area contributed by atoms with Gasteiger partial charge in [0.15, 0.2) is 5.84 Å². The van der Waals surface area contributed by atoms with Crippen LogP contribution in [-0.4, -0.2) is 11.0 Å². The zero-order chi connectivity index (χ0) is 11.4. The van der Waals surface area contributed by atoms with Gasteiger partial charge in [-0.1, -0.05) is 17.7 Å². The summed E-state index contributed by atoms with van der Waals surface area (Å²) in [7, 11) is 0. The summed E-state index contributed by atoms with van der Waals surface area (Å²) in [5.41, 5.74) is 2.83. The summed E-state index contributed by atoms with van der Waals surface area (Å²) in [6, 6.07) is 10.9. The lowest BCUT2D eigenvalue weighted by molar-refractivity contribution is 0.235. The minimum absolute atomic E-state index is 0.428. The minimum atomic E-state index is 0.428. The summed E-state index contributed by atoms with van der Waals surface area (Å²) in [6.45, 7) is 0. The highest BCUT2D eigenvalue weighted by Gasteiger charge is 2.02. The standard InChI is InChI=1S/C11H9ClN2OS/c12-8-3-5-9(6-4-8)13-11(14-15)10-2-1-7-16-10/h1-7,15H,(H,13,14). The average Bonchev–Trinajstić information content (AvgIpc) is 2.82. The number of rotatable bonds is 2. The maximum absolute atomic E-state index is 9.01. The van der Waals surface area contributed by atoms with Crippen molar-refractivity contribution < 1.29 is 5.21 Å². The highest BCUT2D eigenvalue weighted by atomic mass is 35.5. The van der Waals surface area contributed by atoms with E-state index in [-0.39, 0.29) is 0 Å². The Bertz CT molecular complexity index is 479. The number of thiophene rings is 1. The Morgan fingerprint density at radius 1 is 1.25 bits per heavy atom. The van der Waals surface area contributed by atoms with E-state index in [9.17, 15) is 0 Å². The molecule has 1 heterocycles. The number of amidine groups is 1. The predicted molar refractivity (Wildman–Crippen MR) is 66.9 cm³/mol. The number of nitrogens with zero attached hydrogens (tertiary/aromatic N) is 1. The summed E-state index contributed by atoms with van der Waals surface area (Å²) in [5, 5.41) is 11.6. The molecule has 2 rings (SSSR count). The van der Waals surface area contributed by atoms with Gasteiger partial charge < -0.3 is 0 Å². The molecule has 1 aromatic carbocycles. The Balaban J connectivity index is 2.31. The number of aliphatic imine (C=N–C) groups is 1. The van der Waals surface area contributed by atoms with Gasteiger partial charge in [0.2, 0.25) is 0 Å². The maximum Gasteiger partial charge on any atom is 0.167 e. The molecule has 0 aliphatic heterocycles. The van der Waals surface area contributed by atoms with Crippen molar-refractivity contribution in [3.8, 4) is 0 Å². The number of halogens is 1. The normalized spacial score (nSPS) is 11.5. The molecular formula is C11H9ClN2OS. The van der Waals surface area contributed by atoms with Crippen LogP contribution in [-0.2, 0) is 0 Å². The van der Waals surface area contributed by atoms with Crippen molar-refractivity contribution in [3.05, 3.63) is 51.7 Å². The van der Waals surface area contributed by atoms with Crippen molar-refractivity contribution in [1.82, 2.24) is 5.48 Å². The van der Waals surface area contributed by atoms with E-state index in [2.05, 4.69) is 10.5 Å². The first-order valence-corrected chi connectivity index (χ1v) is 5.83. The molecule has 2 N–H and O–H groups in total. The van der Waals surface area contributed by atoms with E-state index in [4.69, 9.17) is 16.8 Å². The first-order valence-electron chi connectivity index (χ1n) is 4.58. The molecule has 0 aliphatic carbocycles. The average molecular weight is 253 g/mol. The summed E-state index contributed by atoms with van der Waals surface area (Å²) >= 11 is 7.27. The van der Waals surface area contributed by atoms with Crippen LogP contribution in [0.3, 0.4) is 0 Å². The zero-order valence-corrected chi connectivity index (χ0v) is 9.79. The van der Waals surface area contributed by atoms with Crippen LogP contribution in [0.5, 0.6) is 0 Å². The summed E-state index contributed by atoms with van der Waals surface area (Å²) in [4.78, 5) is 5.14. The molecule has 16 heavy (non-hydrogen) atoms. The van der Waals surface area contributed by atoms with E-state index >= 15 is 0 Å². The third kappa shape index (κ3) is 2.61. The summed E-state index contributed by atoms with van der Waals surface area (Å²) in [6.07, 6.45) is 0. The fourth-order valence-corrected chi connectivity index (χ4v) is 1.98. The molecule has 0 fully saturated rings. The highest BCUT2D eigenvalue weighted by Crippen LogP contribution is 2.18. The zero-order valence-electron chi connectivity index (χ0n) is 8.22. The Kier molecular flexibility index (Phi) is 3.56. The number of nitrogens with one attached hydrogen (secondary N) is 1. The van der Waals surface area contributed by atoms with Gasteiger partial charge in [0.25, 0.3) is 0 Å². The van der Waals surface area contributed by atoms with E-state index in [1.807, 2.05) is 17.5 Å². The van der Waals surface area contributed by atoms with Gasteiger partial charge in [-0.15, -0.1) is 11.3 Å². The topological polar surface area (TPSA) is 44.6 Å². The van der Waals surface area contributed by atoms with Gasteiger partial charge in [0, 0.05) is 5.02 Å². The smallest absolute Gasteiger partial charge is 0.167 e. The summed E-state index contributed by atoms with van der Waals surface area (Å²) < 4.78 is 0. The van der Waals surface area contributed by atoms with E-state index in [1.54, 1.807) is 24.3 Å². The predicted octanol–water partition coefficient (Wildman–Crippen LogP) is 3.46. The van der Waals surface area contributed by atoms with Crippen molar-refractivity contribution in [2.45, 2.75) is 0 Å². The molecule has 0 unspecified atom stereocenters. The number of hydrogen-bond acceptors (Lipinski definition) is 3. The SMILES string of the molecule is ONC(=Nc1ccc(Cl)cc1)c1cccs1. The largest absolute Gasteiger partial charge is 0.290 e. The van der Waals surface area contributed by atoms with E-state index in [0.717, 1.165) is 10.6 Å². The molecule has 0 saturated heterocycles. The molecule has 0 spiro atoms. The fourth-order valence-electron chi connectivity index (χ4n) is 1.19. The van der Waals surface area contributed by atoms with Gasteiger partial charge >= 0.3 is 0 Å². The molecule has 2 aromatic rings. The van der Waals surface area contributed by atoms with Crippen molar-refractivity contribution >= 4 is 34.5 Å². The molecule has 82 valence electrons. The lowest BCUT2D eigenvalue weighted by Crippen LogP contribution is -2.18. The van der Waals surface area contributed by atoms with Crippen LogP contribution < -0.4 is 5.48 Å². The van der Waals surface area contributed by atoms with E-state index < -0.39 is 0 Å². The number of hydrogen-bond donors (Lipinski definition) is 2. The lowest BCUT2D eigenvalue weighted by atomic mass is 10.3. The first kappa shape index (κ1) is 11.1. The van der Waals surface area contributed by atoms with Gasteiger partial charge in [-0.05, 0) is 35.7 Å². The Morgan fingerprint density at radius 3 is 2.56 bits per heavy atom. The molecule has 0 saturated carbocycles. The fraction of sp³-hybridized carbons (Fsp3) is 0. The highest BCUT2D eigenvalue weighted by molar-refractivity contribution is 7.12. The van der Waals surface area contributed by atoms with Crippen molar-refractivity contribution in [1.29, 1.82) is 0 Å². The molecule has 1 aromatic heterocycles. The van der Waals surface area contributed by atoms with E-state index in [0.29, 0.717) is 10.9 Å².